The van der Waals surface area contributed by atoms with Crippen molar-refractivity contribution in [1.82, 2.24) is 9.13 Å². The fraction of sp³-hybridized carbons (Fsp3) is 0. The monoisotopic (exact) mass is 635 g/mol. The molecule has 5 nitrogen and oxygen atoms in total. The minimum absolute atomic E-state index is 0.547. The van der Waals surface area contributed by atoms with Crippen LogP contribution in [0.25, 0.3) is 77.2 Å². The van der Waals surface area contributed by atoms with Gasteiger partial charge in [-0.25, -0.2) is 0 Å². The van der Waals surface area contributed by atoms with E-state index < -0.39 is 0 Å². The highest BCUT2D eigenvalue weighted by atomic mass is 15.0. The molecule has 0 radical (unpaired) electrons. The average molecular weight is 636 g/mol. The van der Waals surface area contributed by atoms with Crippen LogP contribution in [0.1, 0.15) is 16.7 Å². The second kappa shape index (κ2) is 11.4. The molecule has 9 rings (SSSR count). The Labute approximate surface area is 287 Å². The lowest BCUT2D eigenvalue weighted by Gasteiger charge is -2.17. The first kappa shape index (κ1) is 28.8. The molecule has 0 amide bonds. The summed E-state index contributed by atoms with van der Waals surface area (Å²) in [5.41, 5.74) is 11.5. The van der Waals surface area contributed by atoms with Crippen LogP contribution in [-0.4, -0.2) is 9.13 Å². The zero-order chi connectivity index (χ0) is 33.8. The summed E-state index contributed by atoms with van der Waals surface area (Å²) in [7, 11) is 0. The van der Waals surface area contributed by atoms with Gasteiger partial charge in [0, 0.05) is 32.8 Å². The number of para-hydroxylation sites is 3. The van der Waals surface area contributed by atoms with Gasteiger partial charge in [-0.1, -0.05) is 84.9 Å². The van der Waals surface area contributed by atoms with Crippen molar-refractivity contribution in [2.75, 3.05) is 0 Å². The summed E-state index contributed by atoms with van der Waals surface area (Å²) in [4.78, 5) is 0. The number of rotatable bonds is 4. The number of aromatic nitrogens is 2. The SMILES string of the molecule is N#Cc1ccc2c(c1)c1ccccc1n2-c1cccc(-c2cccc(-c3cccc(C#N)c3-n3c4ccccc4c4ccc(C#N)cc43)c2)c1. The molecule has 5 heteroatoms. The first-order valence-electron chi connectivity index (χ1n) is 16.3. The smallest absolute Gasteiger partial charge is 0.101 e. The number of fused-ring (bicyclic) bond motifs is 6. The van der Waals surface area contributed by atoms with Crippen molar-refractivity contribution in [2.24, 2.45) is 0 Å². The summed E-state index contributed by atoms with van der Waals surface area (Å²) in [6, 6.07) is 57.9. The summed E-state index contributed by atoms with van der Waals surface area (Å²) >= 11 is 0. The van der Waals surface area contributed by atoms with Gasteiger partial charge in [0.2, 0.25) is 0 Å². The van der Waals surface area contributed by atoms with E-state index in [1.165, 1.54) is 0 Å². The molecule has 0 aliphatic carbocycles. The molecule has 0 aliphatic rings. The molecule has 0 saturated heterocycles. The summed E-state index contributed by atoms with van der Waals surface area (Å²) < 4.78 is 4.39. The zero-order valence-corrected chi connectivity index (χ0v) is 26.7. The van der Waals surface area contributed by atoms with E-state index in [1.807, 2.05) is 72.8 Å². The fourth-order valence-electron chi connectivity index (χ4n) is 7.40. The van der Waals surface area contributed by atoms with E-state index in [-0.39, 0.29) is 0 Å². The maximum atomic E-state index is 10.4. The molecule has 230 valence electrons. The van der Waals surface area contributed by atoms with E-state index in [9.17, 15) is 15.8 Å². The third kappa shape index (κ3) is 4.38. The highest BCUT2D eigenvalue weighted by molar-refractivity contribution is 6.11. The highest BCUT2D eigenvalue weighted by Gasteiger charge is 2.20. The molecule has 7 aromatic carbocycles. The van der Waals surface area contributed by atoms with E-state index in [1.54, 1.807) is 0 Å². The molecule has 2 heterocycles. The summed E-state index contributed by atoms with van der Waals surface area (Å²) in [5, 5.41) is 34.0. The van der Waals surface area contributed by atoms with Gasteiger partial charge in [0.05, 0.1) is 56.6 Å². The topological polar surface area (TPSA) is 81.2 Å². The Bertz CT molecular complexity index is 2970. The molecule has 2 aromatic heterocycles. The first-order valence-corrected chi connectivity index (χ1v) is 16.3. The maximum absolute atomic E-state index is 10.4. The van der Waals surface area contributed by atoms with Gasteiger partial charge in [0.1, 0.15) is 6.07 Å². The van der Waals surface area contributed by atoms with Crippen LogP contribution in [0, 0.1) is 34.0 Å². The summed E-state index contributed by atoms with van der Waals surface area (Å²) in [6.07, 6.45) is 0. The molecular weight excluding hydrogens is 611 g/mol. The molecule has 0 bridgehead atoms. The van der Waals surface area contributed by atoms with Crippen LogP contribution < -0.4 is 0 Å². The predicted molar refractivity (Wildman–Crippen MR) is 200 cm³/mol. The van der Waals surface area contributed by atoms with Crippen LogP contribution >= 0.6 is 0 Å². The van der Waals surface area contributed by atoms with Gasteiger partial charge in [-0.05, 0) is 83.4 Å². The van der Waals surface area contributed by atoms with Crippen molar-refractivity contribution in [2.45, 2.75) is 0 Å². The number of hydrogen-bond acceptors (Lipinski definition) is 3. The Balaban J connectivity index is 1.23. The first-order chi connectivity index (χ1) is 24.7. The Kier molecular flexibility index (Phi) is 6.56. The van der Waals surface area contributed by atoms with Crippen molar-refractivity contribution in [3.8, 4) is 51.8 Å². The molecule has 0 aliphatic heterocycles. The lowest BCUT2D eigenvalue weighted by molar-refractivity contribution is 1.17. The summed E-state index contributed by atoms with van der Waals surface area (Å²) in [5.74, 6) is 0. The van der Waals surface area contributed by atoms with Crippen molar-refractivity contribution in [3.63, 3.8) is 0 Å². The Morgan fingerprint density at radius 2 is 0.980 bits per heavy atom. The van der Waals surface area contributed by atoms with Crippen LogP contribution in [0.2, 0.25) is 0 Å². The summed E-state index contributed by atoms with van der Waals surface area (Å²) in [6.45, 7) is 0. The normalized spacial score (nSPS) is 11.1. The fourth-order valence-corrected chi connectivity index (χ4v) is 7.40. The van der Waals surface area contributed by atoms with Crippen LogP contribution in [0.5, 0.6) is 0 Å². The number of nitriles is 3. The second-order valence-corrected chi connectivity index (χ2v) is 12.3. The highest BCUT2D eigenvalue weighted by Crippen LogP contribution is 2.40. The predicted octanol–water partition coefficient (Wildman–Crippen LogP) is 10.8. The third-order valence-corrected chi connectivity index (χ3v) is 9.60. The van der Waals surface area contributed by atoms with Gasteiger partial charge < -0.3 is 9.13 Å². The maximum Gasteiger partial charge on any atom is 0.101 e. The van der Waals surface area contributed by atoms with Crippen molar-refractivity contribution in [3.05, 3.63) is 168 Å². The van der Waals surface area contributed by atoms with Crippen molar-refractivity contribution in [1.29, 1.82) is 15.8 Å². The van der Waals surface area contributed by atoms with E-state index in [4.69, 9.17) is 0 Å². The molecule has 0 fully saturated rings. The van der Waals surface area contributed by atoms with E-state index in [2.05, 4.69) is 106 Å². The zero-order valence-electron chi connectivity index (χ0n) is 26.7. The van der Waals surface area contributed by atoms with Gasteiger partial charge in [-0.15, -0.1) is 0 Å². The largest absolute Gasteiger partial charge is 0.309 e. The quantitative estimate of drug-likeness (QED) is 0.193. The number of benzene rings is 7. The van der Waals surface area contributed by atoms with Crippen molar-refractivity contribution >= 4 is 43.6 Å². The van der Waals surface area contributed by atoms with E-state index in [0.717, 1.165) is 77.2 Å². The molecule has 0 saturated carbocycles. The van der Waals surface area contributed by atoms with Crippen LogP contribution in [0.4, 0.5) is 0 Å². The van der Waals surface area contributed by atoms with Gasteiger partial charge in [-0.2, -0.15) is 15.8 Å². The van der Waals surface area contributed by atoms with Gasteiger partial charge in [0.25, 0.3) is 0 Å². The Morgan fingerprint density at radius 1 is 0.380 bits per heavy atom. The van der Waals surface area contributed by atoms with Crippen LogP contribution in [0.15, 0.2) is 152 Å². The number of hydrogen-bond donors (Lipinski definition) is 0. The van der Waals surface area contributed by atoms with Crippen LogP contribution in [0.3, 0.4) is 0 Å². The molecular formula is C45H25N5. The van der Waals surface area contributed by atoms with Gasteiger partial charge >= 0.3 is 0 Å². The minimum atomic E-state index is 0.547. The molecule has 0 N–H and O–H groups in total. The van der Waals surface area contributed by atoms with Gasteiger partial charge in [-0.3, -0.25) is 0 Å². The molecule has 0 spiro atoms. The standard InChI is InChI=1S/C45H25N5/c46-26-29-19-21-43-40(22-29)38-14-2-3-16-41(38)49(43)35-12-6-9-32(25-35)31-8-5-10-33(24-31)36-15-7-11-34(28-48)45(36)50-42-17-4-1-13-37(42)39-20-18-30(27-47)23-44(39)50/h1-25H. The van der Waals surface area contributed by atoms with E-state index in [0.29, 0.717) is 16.7 Å². The molecule has 0 unspecified atom stereocenters. The second-order valence-electron chi connectivity index (χ2n) is 12.3. The van der Waals surface area contributed by atoms with Crippen LogP contribution in [-0.2, 0) is 0 Å². The van der Waals surface area contributed by atoms with Gasteiger partial charge in [0.15, 0.2) is 0 Å². The average Bonchev–Trinajstić information content (AvgIpc) is 3.69. The lowest BCUT2D eigenvalue weighted by atomic mass is 9.96. The minimum Gasteiger partial charge on any atom is -0.309 e. The third-order valence-electron chi connectivity index (χ3n) is 9.60. The Hall–Kier alpha value is -7.39. The molecule has 0 atom stereocenters. The number of nitrogens with zero attached hydrogens (tertiary/aromatic N) is 5. The lowest BCUT2D eigenvalue weighted by Crippen LogP contribution is -2.01. The molecule has 9 aromatic rings. The molecule has 50 heavy (non-hydrogen) atoms. The Morgan fingerprint density at radius 3 is 1.76 bits per heavy atom. The van der Waals surface area contributed by atoms with Crippen molar-refractivity contribution < 1.29 is 0 Å². The van der Waals surface area contributed by atoms with E-state index >= 15 is 0 Å².